The molecule has 15 heavy (non-hydrogen) atoms. The third kappa shape index (κ3) is 4.16. The Hall–Kier alpha value is -1.29. The van der Waals surface area contributed by atoms with Gasteiger partial charge in [-0.25, -0.2) is 0 Å². The van der Waals surface area contributed by atoms with Crippen LogP contribution in [-0.2, 0) is 4.79 Å². The predicted octanol–water partition coefficient (Wildman–Crippen LogP) is 2.78. The zero-order valence-corrected chi connectivity index (χ0v) is 9.25. The lowest BCUT2D eigenvalue weighted by molar-refractivity contribution is -0.109. The maximum absolute atomic E-state index is 10.6. The van der Waals surface area contributed by atoms with E-state index in [9.17, 15) is 9.59 Å². The van der Waals surface area contributed by atoms with Crippen LogP contribution in [0, 0.1) is 0 Å². The molecule has 1 heterocycles. The lowest BCUT2D eigenvalue weighted by Crippen LogP contribution is -1.83. The van der Waals surface area contributed by atoms with Crippen molar-refractivity contribution in [3.63, 3.8) is 0 Å². The normalized spacial score (nSPS) is 10.7. The number of thioether (sulfide) groups is 1. The molecule has 0 aliphatic rings. The molecule has 0 fully saturated rings. The Kier molecular flexibility index (Phi) is 4.90. The summed E-state index contributed by atoms with van der Waals surface area (Å²) in [7, 11) is 0. The molecule has 1 aromatic rings. The van der Waals surface area contributed by atoms with Gasteiger partial charge in [-0.2, -0.15) is 0 Å². The van der Waals surface area contributed by atoms with Gasteiger partial charge in [0.05, 0.1) is 6.26 Å². The molecule has 0 atom stereocenters. The van der Waals surface area contributed by atoms with Crippen LogP contribution in [0.5, 0.6) is 0 Å². The fourth-order valence-electron chi connectivity index (χ4n) is 1.05. The molecule has 0 amide bonds. The van der Waals surface area contributed by atoms with Crippen molar-refractivity contribution < 1.29 is 14.0 Å². The zero-order chi connectivity index (χ0) is 11.1. The highest BCUT2D eigenvalue weighted by Gasteiger charge is 1.99. The van der Waals surface area contributed by atoms with Gasteiger partial charge in [0.25, 0.3) is 0 Å². The number of hydrogen-bond donors (Lipinski definition) is 0. The minimum absolute atomic E-state index is 0.125. The molecule has 0 unspecified atom stereocenters. The molecular formula is C11H12O3S. The Morgan fingerprint density at radius 1 is 1.60 bits per heavy atom. The van der Waals surface area contributed by atoms with Crippen LogP contribution in [0.1, 0.15) is 29.5 Å². The van der Waals surface area contributed by atoms with Gasteiger partial charge < -0.3 is 4.42 Å². The number of carbonyl (C=O) groups is 2. The molecule has 4 heteroatoms. The summed E-state index contributed by atoms with van der Waals surface area (Å²) in [6.07, 6.45) is 6.72. The second-order valence-corrected chi connectivity index (χ2v) is 4.16. The lowest BCUT2D eigenvalue weighted by Gasteiger charge is -1.91. The van der Waals surface area contributed by atoms with Gasteiger partial charge in [0.1, 0.15) is 0 Å². The first-order chi connectivity index (χ1) is 7.24. The number of carbonyl (C=O) groups excluding carboxylic acids is 2. The monoisotopic (exact) mass is 224 g/mol. The van der Waals surface area contributed by atoms with Crippen molar-refractivity contribution in [2.24, 2.45) is 0 Å². The molecule has 0 bridgehead atoms. The van der Waals surface area contributed by atoms with Crippen molar-refractivity contribution >= 4 is 29.2 Å². The first kappa shape index (κ1) is 11.8. The Bertz CT molecular complexity index is 366. The van der Waals surface area contributed by atoms with Gasteiger partial charge in [-0.05, 0) is 12.5 Å². The minimum Gasteiger partial charge on any atom is -0.461 e. The summed E-state index contributed by atoms with van der Waals surface area (Å²) in [5.74, 6) is 1.10. The molecule has 0 saturated heterocycles. The predicted molar refractivity (Wildman–Crippen MR) is 60.9 cm³/mol. The summed E-state index contributed by atoms with van der Waals surface area (Å²) >= 11 is 1.30. The zero-order valence-electron chi connectivity index (χ0n) is 8.43. The van der Waals surface area contributed by atoms with E-state index in [4.69, 9.17) is 4.42 Å². The van der Waals surface area contributed by atoms with Gasteiger partial charge in [-0.15, -0.1) is 0 Å². The number of aldehydes is 1. The van der Waals surface area contributed by atoms with Crippen molar-refractivity contribution in [3.05, 3.63) is 29.7 Å². The number of hydrogen-bond acceptors (Lipinski definition) is 4. The standard InChI is InChI=1S/C11H12O3S/c1-9(13)15-7-3-2-4-10-5-6-14-11(10)8-12/h2,4-6,8H,3,7H2,1H3. The Balaban J connectivity index is 2.38. The van der Waals surface area contributed by atoms with Gasteiger partial charge in [0, 0.05) is 18.2 Å². The van der Waals surface area contributed by atoms with E-state index in [0.717, 1.165) is 17.7 Å². The Labute approximate surface area is 92.5 Å². The molecule has 0 aliphatic carbocycles. The van der Waals surface area contributed by atoms with Crippen LogP contribution in [0.4, 0.5) is 0 Å². The molecule has 1 aromatic heterocycles. The highest BCUT2D eigenvalue weighted by molar-refractivity contribution is 8.13. The molecule has 0 radical (unpaired) electrons. The minimum atomic E-state index is 0.125. The summed E-state index contributed by atoms with van der Waals surface area (Å²) < 4.78 is 4.93. The highest BCUT2D eigenvalue weighted by Crippen LogP contribution is 2.11. The van der Waals surface area contributed by atoms with Crippen molar-refractivity contribution in [2.75, 3.05) is 5.75 Å². The smallest absolute Gasteiger partial charge is 0.185 e. The van der Waals surface area contributed by atoms with E-state index in [1.807, 2.05) is 12.2 Å². The molecule has 0 aromatic carbocycles. The second kappa shape index (κ2) is 6.24. The van der Waals surface area contributed by atoms with Crippen LogP contribution in [0.3, 0.4) is 0 Å². The largest absolute Gasteiger partial charge is 0.461 e. The SMILES string of the molecule is CC(=O)SCCC=Cc1ccoc1C=O. The number of rotatable bonds is 5. The van der Waals surface area contributed by atoms with Crippen LogP contribution in [-0.4, -0.2) is 17.2 Å². The maximum Gasteiger partial charge on any atom is 0.185 e. The molecule has 80 valence electrons. The van der Waals surface area contributed by atoms with Crippen molar-refractivity contribution in [1.82, 2.24) is 0 Å². The van der Waals surface area contributed by atoms with E-state index in [0.29, 0.717) is 12.0 Å². The van der Waals surface area contributed by atoms with Crippen LogP contribution < -0.4 is 0 Å². The highest BCUT2D eigenvalue weighted by atomic mass is 32.2. The molecule has 3 nitrogen and oxygen atoms in total. The average Bonchev–Trinajstić information content (AvgIpc) is 2.64. The van der Waals surface area contributed by atoms with Crippen LogP contribution in [0.2, 0.25) is 0 Å². The van der Waals surface area contributed by atoms with E-state index in [1.54, 1.807) is 13.0 Å². The average molecular weight is 224 g/mol. The van der Waals surface area contributed by atoms with Crippen molar-refractivity contribution in [3.8, 4) is 0 Å². The van der Waals surface area contributed by atoms with Crippen molar-refractivity contribution in [2.45, 2.75) is 13.3 Å². The van der Waals surface area contributed by atoms with Gasteiger partial charge >= 0.3 is 0 Å². The van der Waals surface area contributed by atoms with E-state index in [2.05, 4.69) is 0 Å². The molecule has 0 N–H and O–H groups in total. The first-order valence-electron chi connectivity index (χ1n) is 4.56. The van der Waals surface area contributed by atoms with Gasteiger partial charge in [-0.3, -0.25) is 9.59 Å². The summed E-state index contributed by atoms with van der Waals surface area (Å²) in [4.78, 5) is 21.1. The first-order valence-corrected chi connectivity index (χ1v) is 5.55. The fraction of sp³-hybridized carbons (Fsp3) is 0.273. The molecule has 0 saturated carbocycles. The summed E-state index contributed by atoms with van der Waals surface area (Å²) in [5, 5.41) is 0.125. The third-order valence-corrected chi connectivity index (χ3v) is 2.57. The van der Waals surface area contributed by atoms with E-state index >= 15 is 0 Å². The van der Waals surface area contributed by atoms with Gasteiger partial charge in [0.2, 0.25) is 0 Å². The molecular weight excluding hydrogens is 212 g/mol. The van der Waals surface area contributed by atoms with E-state index in [1.165, 1.54) is 18.0 Å². The molecule has 0 spiro atoms. The Morgan fingerprint density at radius 3 is 3.07 bits per heavy atom. The van der Waals surface area contributed by atoms with Crippen molar-refractivity contribution in [1.29, 1.82) is 0 Å². The maximum atomic E-state index is 10.6. The van der Waals surface area contributed by atoms with Gasteiger partial charge in [-0.1, -0.05) is 23.9 Å². The summed E-state index contributed by atoms with van der Waals surface area (Å²) in [6.45, 7) is 1.55. The summed E-state index contributed by atoms with van der Waals surface area (Å²) in [6, 6.07) is 1.73. The van der Waals surface area contributed by atoms with Crippen LogP contribution >= 0.6 is 11.8 Å². The number of allylic oxidation sites excluding steroid dienone is 1. The molecule has 0 aliphatic heterocycles. The van der Waals surface area contributed by atoms with E-state index < -0.39 is 0 Å². The van der Waals surface area contributed by atoms with Crippen LogP contribution in [0.25, 0.3) is 6.08 Å². The third-order valence-electron chi connectivity index (χ3n) is 1.72. The second-order valence-electron chi connectivity index (χ2n) is 2.89. The molecule has 1 rings (SSSR count). The Morgan fingerprint density at radius 2 is 2.40 bits per heavy atom. The topological polar surface area (TPSA) is 47.3 Å². The lowest BCUT2D eigenvalue weighted by atomic mass is 10.2. The van der Waals surface area contributed by atoms with Gasteiger partial charge in [0.15, 0.2) is 17.2 Å². The summed E-state index contributed by atoms with van der Waals surface area (Å²) in [5.41, 5.74) is 0.776. The van der Waals surface area contributed by atoms with Crippen LogP contribution in [0.15, 0.2) is 22.8 Å². The van der Waals surface area contributed by atoms with E-state index in [-0.39, 0.29) is 5.12 Å². The fourth-order valence-corrected chi connectivity index (χ4v) is 1.59. The number of furan rings is 1. The quantitative estimate of drug-likeness (QED) is 0.570.